The average molecular weight is 321 g/mol. The Bertz CT molecular complexity index is 584. The van der Waals surface area contributed by atoms with Gasteiger partial charge in [-0.3, -0.25) is 0 Å². The summed E-state index contributed by atoms with van der Waals surface area (Å²) in [7, 11) is 0. The number of benzene rings is 1. The predicted octanol–water partition coefficient (Wildman–Crippen LogP) is 3.29. The zero-order valence-corrected chi connectivity index (χ0v) is 12.6. The Morgan fingerprint density at radius 1 is 1.21 bits per heavy atom. The molecular weight excluding hydrogens is 309 g/mol. The number of nitrogens with one attached hydrogen (secondary N) is 1. The normalized spacial score (nSPS) is 12.7. The molecule has 0 saturated heterocycles. The molecule has 5 nitrogen and oxygen atoms in total. The Morgan fingerprint density at radius 2 is 1.89 bits per heavy atom. The Labute approximate surface area is 125 Å². The lowest BCUT2D eigenvalue weighted by Crippen LogP contribution is -2.21. The molecule has 2 aromatic rings. The van der Waals surface area contributed by atoms with Crippen molar-refractivity contribution in [3.05, 3.63) is 33.0 Å². The van der Waals surface area contributed by atoms with Gasteiger partial charge in [0.25, 0.3) is 0 Å². The van der Waals surface area contributed by atoms with Gasteiger partial charge in [0.05, 0.1) is 26.8 Å². The highest BCUT2D eigenvalue weighted by atomic mass is 35.5. The molecule has 1 aromatic heterocycles. The fraction of sp³-hybridized carbons (Fsp3) is 0.364. The van der Waals surface area contributed by atoms with Crippen molar-refractivity contribution >= 4 is 34.8 Å². The molecule has 0 bridgehead atoms. The molecule has 19 heavy (non-hydrogen) atoms. The van der Waals surface area contributed by atoms with Crippen molar-refractivity contribution in [2.24, 2.45) is 0 Å². The van der Waals surface area contributed by atoms with E-state index in [1.54, 1.807) is 16.8 Å². The second-order valence-electron chi connectivity index (χ2n) is 3.95. The van der Waals surface area contributed by atoms with E-state index in [0.29, 0.717) is 26.6 Å². The second-order valence-corrected chi connectivity index (χ2v) is 5.17. The molecule has 0 spiro atoms. The second kappa shape index (κ2) is 6.05. The summed E-state index contributed by atoms with van der Waals surface area (Å²) in [4.78, 5) is 0. The third kappa shape index (κ3) is 3.00. The summed E-state index contributed by atoms with van der Waals surface area (Å²) in [5.41, 5.74) is 0.598. The average Bonchev–Trinajstić information content (AvgIpc) is 2.83. The minimum atomic E-state index is -0.00878. The summed E-state index contributed by atoms with van der Waals surface area (Å²) in [5, 5.41) is 16.1. The van der Waals surface area contributed by atoms with Gasteiger partial charge in [-0.1, -0.05) is 41.7 Å². The van der Waals surface area contributed by atoms with E-state index in [0.717, 1.165) is 6.54 Å². The van der Waals surface area contributed by atoms with Gasteiger partial charge in [-0.15, -0.1) is 5.10 Å². The molecule has 0 amide bonds. The van der Waals surface area contributed by atoms with Crippen LogP contribution in [-0.4, -0.2) is 26.8 Å². The summed E-state index contributed by atoms with van der Waals surface area (Å²) in [6.07, 6.45) is 0. The lowest BCUT2D eigenvalue weighted by molar-refractivity contribution is 0.550. The fourth-order valence-electron chi connectivity index (χ4n) is 1.71. The van der Waals surface area contributed by atoms with Gasteiger partial charge in [-0.05, 0) is 36.0 Å². The molecule has 1 N–H and O–H groups in total. The number of aromatic nitrogens is 4. The van der Waals surface area contributed by atoms with Gasteiger partial charge < -0.3 is 5.32 Å². The van der Waals surface area contributed by atoms with Crippen molar-refractivity contribution in [2.75, 3.05) is 6.54 Å². The van der Waals surface area contributed by atoms with Crippen molar-refractivity contribution in [3.63, 3.8) is 0 Å². The molecule has 1 unspecified atom stereocenters. The number of hydrogen-bond acceptors (Lipinski definition) is 4. The van der Waals surface area contributed by atoms with E-state index < -0.39 is 0 Å². The van der Waals surface area contributed by atoms with E-state index in [1.807, 2.05) is 13.8 Å². The van der Waals surface area contributed by atoms with Crippen LogP contribution < -0.4 is 5.32 Å². The standard InChI is InChI=1S/C11H12Cl3N5/c1-3-15-6(2)11-16-17-18-19(11)10-5-8(13)7(12)4-9(10)14/h4-6,15H,3H2,1-2H3. The van der Waals surface area contributed by atoms with E-state index in [1.165, 1.54) is 0 Å². The summed E-state index contributed by atoms with van der Waals surface area (Å²) in [5.74, 6) is 0.655. The maximum absolute atomic E-state index is 6.17. The van der Waals surface area contributed by atoms with Crippen LogP contribution in [0.15, 0.2) is 12.1 Å². The Kier molecular flexibility index (Phi) is 4.62. The molecule has 1 atom stereocenters. The third-order valence-corrected chi connectivity index (χ3v) is 3.63. The van der Waals surface area contributed by atoms with Crippen LogP contribution in [0.5, 0.6) is 0 Å². The van der Waals surface area contributed by atoms with Crippen LogP contribution in [0, 0.1) is 0 Å². The van der Waals surface area contributed by atoms with Gasteiger partial charge in [0.1, 0.15) is 0 Å². The predicted molar refractivity (Wildman–Crippen MR) is 76.3 cm³/mol. The van der Waals surface area contributed by atoms with Crippen LogP contribution in [-0.2, 0) is 0 Å². The van der Waals surface area contributed by atoms with Crippen LogP contribution in [0.2, 0.25) is 15.1 Å². The van der Waals surface area contributed by atoms with E-state index in [9.17, 15) is 0 Å². The van der Waals surface area contributed by atoms with Gasteiger partial charge in [0, 0.05) is 0 Å². The first-order valence-electron chi connectivity index (χ1n) is 5.71. The van der Waals surface area contributed by atoms with Gasteiger partial charge >= 0.3 is 0 Å². The third-order valence-electron chi connectivity index (χ3n) is 2.61. The maximum atomic E-state index is 6.17. The monoisotopic (exact) mass is 319 g/mol. The van der Waals surface area contributed by atoms with Gasteiger partial charge in [-0.2, -0.15) is 4.68 Å². The van der Waals surface area contributed by atoms with Crippen molar-refractivity contribution in [1.82, 2.24) is 25.5 Å². The van der Waals surface area contributed by atoms with Crippen molar-refractivity contribution in [3.8, 4) is 5.69 Å². The minimum absolute atomic E-state index is 0.00878. The molecule has 0 aliphatic heterocycles. The summed E-state index contributed by atoms with van der Waals surface area (Å²) < 4.78 is 1.55. The minimum Gasteiger partial charge on any atom is -0.308 e. The maximum Gasteiger partial charge on any atom is 0.173 e. The highest BCUT2D eigenvalue weighted by Gasteiger charge is 2.17. The lowest BCUT2D eigenvalue weighted by atomic mass is 10.2. The molecule has 0 aliphatic rings. The largest absolute Gasteiger partial charge is 0.308 e. The number of rotatable bonds is 4. The highest BCUT2D eigenvalue weighted by molar-refractivity contribution is 6.43. The Balaban J connectivity index is 2.48. The first-order chi connectivity index (χ1) is 9.04. The fourth-order valence-corrected chi connectivity index (χ4v) is 2.33. The lowest BCUT2D eigenvalue weighted by Gasteiger charge is -2.13. The van der Waals surface area contributed by atoms with Crippen LogP contribution in [0.1, 0.15) is 25.7 Å². The molecule has 0 aliphatic carbocycles. The molecule has 2 rings (SSSR count). The van der Waals surface area contributed by atoms with Gasteiger partial charge in [0.15, 0.2) is 5.82 Å². The first-order valence-corrected chi connectivity index (χ1v) is 6.84. The SMILES string of the molecule is CCNC(C)c1nnnn1-c1cc(Cl)c(Cl)cc1Cl. The van der Waals surface area contributed by atoms with Crippen molar-refractivity contribution in [1.29, 1.82) is 0 Å². The van der Waals surface area contributed by atoms with Crippen LogP contribution in [0.4, 0.5) is 0 Å². The smallest absolute Gasteiger partial charge is 0.173 e. The molecule has 8 heteroatoms. The quantitative estimate of drug-likeness (QED) is 0.878. The molecule has 0 saturated carbocycles. The van der Waals surface area contributed by atoms with Crippen LogP contribution >= 0.6 is 34.8 Å². The molecule has 1 heterocycles. The van der Waals surface area contributed by atoms with E-state index in [-0.39, 0.29) is 6.04 Å². The molecular formula is C11H12Cl3N5. The topological polar surface area (TPSA) is 55.6 Å². The zero-order chi connectivity index (χ0) is 14.0. The van der Waals surface area contributed by atoms with Gasteiger partial charge in [0.2, 0.25) is 0 Å². The van der Waals surface area contributed by atoms with Crippen LogP contribution in [0.25, 0.3) is 5.69 Å². The molecule has 1 aromatic carbocycles. The summed E-state index contributed by atoms with van der Waals surface area (Å²) >= 11 is 18.1. The number of halogens is 3. The Morgan fingerprint density at radius 3 is 2.58 bits per heavy atom. The number of nitrogens with zero attached hydrogens (tertiary/aromatic N) is 4. The van der Waals surface area contributed by atoms with Crippen molar-refractivity contribution < 1.29 is 0 Å². The Hall–Kier alpha value is -0.880. The van der Waals surface area contributed by atoms with E-state index >= 15 is 0 Å². The van der Waals surface area contributed by atoms with Crippen LogP contribution in [0.3, 0.4) is 0 Å². The number of hydrogen-bond donors (Lipinski definition) is 1. The zero-order valence-electron chi connectivity index (χ0n) is 10.4. The van der Waals surface area contributed by atoms with E-state index in [2.05, 4.69) is 20.8 Å². The summed E-state index contributed by atoms with van der Waals surface area (Å²) in [6, 6.07) is 3.21. The van der Waals surface area contributed by atoms with Crippen molar-refractivity contribution in [2.45, 2.75) is 19.9 Å². The molecule has 0 radical (unpaired) electrons. The number of tetrazole rings is 1. The first kappa shape index (κ1) is 14.5. The molecule has 0 fully saturated rings. The van der Waals surface area contributed by atoms with E-state index in [4.69, 9.17) is 34.8 Å². The van der Waals surface area contributed by atoms with Gasteiger partial charge in [-0.25, -0.2) is 0 Å². The molecule has 102 valence electrons. The summed E-state index contributed by atoms with van der Waals surface area (Å²) in [6.45, 7) is 4.79. The highest BCUT2D eigenvalue weighted by Crippen LogP contribution is 2.31.